The average Bonchev–Trinajstić information content (AvgIpc) is 2.91. The number of rotatable bonds is 1. The molecular formula is C23H18BrN3O2. The number of para-hydroxylation sites is 1. The third kappa shape index (κ3) is 2.39. The van der Waals surface area contributed by atoms with E-state index in [0.29, 0.717) is 16.9 Å². The van der Waals surface area contributed by atoms with Crippen LogP contribution in [0.5, 0.6) is 0 Å². The monoisotopic (exact) mass is 447 g/mol. The number of anilines is 3. The van der Waals surface area contributed by atoms with E-state index in [1.54, 1.807) is 22.9 Å². The van der Waals surface area contributed by atoms with Crippen molar-refractivity contribution in [3.05, 3.63) is 87.9 Å². The zero-order chi connectivity index (χ0) is 20.3. The molecular weight excluding hydrogens is 430 g/mol. The highest BCUT2D eigenvalue weighted by molar-refractivity contribution is 9.10. The maximum Gasteiger partial charge on any atom is 0.278 e. The lowest BCUT2D eigenvalue weighted by atomic mass is 9.92. The molecule has 2 aliphatic heterocycles. The molecule has 1 N–H and O–H groups in total. The first-order valence-electron chi connectivity index (χ1n) is 9.30. The van der Waals surface area contributed by atoms with E-state index in [1.165, 1.54) is 0 Å². The number of carbonyl (C=O) groups is 2. The van der Waals surface area contributed by atoms with E-state index in [4.69, 9.17) is 0 Å². The first-order valence-corrected chi connectivity index (χ1v) is 10.1. The van der Waals surface area contributed by atoms with E-state index in [0.717, 1.165) is 21.3 Å². The maximum absolute atomic E-state index is 13.7. The van der Waals surface area contributed by atoms with Crippen LogP contribution in [0.25, 0.3) is 0 Å². The summed E-state index contributed by atoms with van der Waals surface area (Å²) in [5.74, 6) is -0.410. The quantitative estimate of drug-likeness (QED) is 0.590. The van der Waals surface area contributed by atoms with E-state index in [-0.39, 0.29) is 11.8 Å². The zero-order valence-electron chi connectivity index (χ0n) is 15.9. The third-order valence-electron chi connectivity index (χ3n) is 5.63. The van der Waals surface area contributed by atoms with E-state index >= 15 is 0 Å². The summed E-state index contributed by atoms with van der Waals surface area (Å²) in [6, 6.07) is 20.7. The number of carbonyl (C=O) groups excluding carboxylic acids is 2. The van der Waals surface area contributed by atoms with Gasteiger partial charge in [0.15, 0.2) is 0 Å². The van der Waals surface area contributed by atoms with Crippen LogP contribution in [0.3, 0.4) is 0 Å². The maximum atomic E-state index is 13.7. The van der Waals surface area contributed by atoms with Crippen LogP contribution in [-0.4, -0.2) is 18.9 Å². The molecule has 0 bridgehead atoms. The van der Waals surface area contributed by atoms with Gasteiger partial charge in [-0.1, -0.05) is 45.8 Å². The van der Waals surface area contributed by atoms with Gasteiger partial charge in [-0.2, -0.15) is 0 Å². The second-order valence-corrected chi connectivity index (χ2v) is 8.30. The van der Waals surface area contributed by atoms with Crippen LogP contribution < -0.4 is 15.1 Å². The Morgan fingerprint density at radius 1 is 0.966 bits per heavy atom. The van der Waals surface area contributed by atoms with E-state index in [1.807, 2.05) is 67.6 Å². The first kappa shape index (κ1) is 17.9. The average molecular weight is 448 g/mol. The molecule has 0 saturated heterocycles. The normalized spacial score (nSPS) is 20.0. The summed E-state index contributed by atoms with van der Waals surface area (Å²) in [6.45, 7) is 1.99. The van der Waals surface area contributed by atoms with E-state index in [2.05, 4.69) is 21.2 Å². The Balaban J connectivity index is 1.84. The molecule has 2 heterocycles. The molecule has 5 rings (SSSR count). The number of aryl methyl sites for hydroxylation is 1. The molecule has 144 valence electrons. The molecule has 3 aromatic rings. The van der Waals surface area contributed by atoms with Crippen molar-refractivity contribution < 1.29 is 9.59 Å². The van der Waals surface area contributed by atoms with Gasteiger partial charge in [-0.3, -0.25) is 14.5 Å². The molecule has 6 heteroatoms. The van der Waals surface area contributed by atoms with Crippen molar-refractivity contribution in [1.29, 1.82) is 0 Å². The SMILES string of the molecule is Cc1ccc(N2C(=O)c3ccccc3N[C@@]23C(=O)N(C)c2ccc(Br)cc23)cc1. The fourth-order valence-corrected chi connectivity index (χ4v) is 4.56. The van der Waals surface area contributed by atoms with Gasteiger partial charge >= 0.3 is 0 Å². The molecule has 1 spiro atoms. The van der Waals surface area contributed by atoms with Crippen molar-refractivity contribution in [1.82, 2.24) is 0 Å². The molecule has 2 amide bonds. The fourth-order valence-electron chi connectivity index (χ4n) is 4.20. The summed E-state index contributed by atoms with van der Waals surface area (Å²) < 4.78 is 0.843. The number of halogens is 1. The summed E-state index contributed by atoms with van der Waals surface area (Å²) in [7, 11) is 1.74. The molecule has 0 saturated carbocycles. The van der Waals surface area contributed by atoms with Gasteiger partial charge in [0.05, 0.1) is 11.3 Å². The molecule has 0 aliphatic carbocycles. The van der Waals surface area contributed by atoms with Gasteiger partial charge in [-0.05, 0) is 49.4 Å². The van der Waals surface area contributed by atoms with Crippen molar-refractivity contribution >= 4 is 44.8 Å². The highest BCUT2D eigenvalue weighted by Crippen LogP contribution is 2.49. The predicted molar refractivity (Wildman–Crippen MR) is 117 cm³/mol. The Hall–Kier alpha value is -3.12. The summed E-state index contributed by atoms with van der Waals surface area (Å²) in [5, 5.41) is 3.42. The second-order valence-electron chi connectivity index (χ2n) is 7.38. The van der Waals surface area contributed by atoms with Crippen LogP contribution in [0.1, 0.15) is 21.5 Å². The van der Waals surface area contributed by atoms with Crippen molar-refractivity contribution in [2.75, 3.05) is 22.2 Å². The minimum absolute atomic E-state index is 0.200. The molecule has 0 aromatic heterocycles. The Morgan fingerprint density at radius 2 is 1.69 bits per heavy atom. The van der Waals surface area contributed by atoms with Crippen LogP contribution in [-0.2, 0) is 10.5 Å². The second kappa shape index (κ2) is 6.19. The predicted octanol–water partition coefficient (Wildman–Crippen LogP) is 4.66. The molecule has 0 fully saturated rings. The number of fused-ring (bicyclic) bond motifs is 3. The van der Waals surface area contributed by atoms with Gasteiger partial charge < -0.3 is 10.2 Å². The topological polar surface area (TPSA) is 52.7 Å². The smallest absolute Gasteiger partial charge is 0.278 e. The van der Waals surface area contributed by atoms with Crippen LogP contribution >= 0.6 is 15.9 Å². The molecule has 0 radical (unpaired) electrons. The Bertz CT molecular complexity index is 1170. The summed E-state index contributed by atoms with van der Waals surface area (Å²) >= 11 is 3.53. The van der Waals surface area contributed by atoms with Gasteiger partial charge in [0.25, 0.3) is 11.8 Å². The lowest BCUT2D eigenvalue weighted by Gasteiger charge is -2.45. The highest BCUT2D eigenvalue weighted by Gasteiger charge is 2.59. The highest BCUT2D eigenvalue weighted by atomic mass is 79.9. The van der Waals surface area contributed by atoms with Crippen molar-refractivity contribution in [2.24, 2.45) is 0 Å². The van der Waals surface area contributed by atoms with E-state index < -0.39 is 5.66 Å². The van der Waals surface area contributed by atoms with Gasteiger partial charge in [0.2, 0.25) is 5.66 Å². The Kier molecular flexibility index (Phi) is 3.83. The van der Waals surface area contributed by atoms with Gasteiger partial charge in [-0.25, -0.2) is 0 Å². The first-order chi connectivity index (χ1) is 13.9. The summed E-state index contributed by atoms with van der Waals surface area (Å²) in [6.07, 6.45) is 0. The number of hydrogen-bond donors (Lipinski definition) is 1. The molecule has 1 atom stereocenters. The number of likely N-dealkylation sites (N-methyl/N-ethyl adjacent to an activating group) is 1. The number of nitrogens with one attached hydrogen (secondary N) is 1. The zero-order valence-corrected chi connectivity index (χ0v) is 17.5. The van der Waals surface area contributed by atoms with Gasteiger partial charge in [0.1, 0.15) is 0 Å². The van der Waals surface area contributed by atoms with Crippen molar-refractivity contribution in [2.45, 2.75) is 12.6 Å². The summed E-state index contributed by atoms with van der Waals surface area (Å²) in [4.78, 5) is 30.6. The Labute approximate surface area is 177 Å². The van der Waals surface area contributed by atoms with Crippen molar-refractivity contribution in [3.8, 4) is 0 Å². The molecule has 0 unspecified atom stereocenters. The van der Waals surface area contributed by atoms with Crippen LogP contribution in [0.15, 0.2) is 71.2 Å². The lowest BCUT2D eigenvalue weighted by molar-refractivity contribution is -0.121. The fraction of sp³-hybridized carbons (Fsp3) is 0.130. The van der Waals surface area contributed by atoms with Crippen LogP contribution in [0.2, 0.25) is 0 Å². The molecule has 2 aliphatic rings. The van der Waals surface area contributed by atoms with Crippen LogP contribution in [0, 0.1) is 6.92 Å². The minimum Gasteiger partial charge on any atom is -0.350 e. The number of benzene rings is 3. The summed E-state index contributed by atoms with van der Waals surface area (Å²) in [5.41, 5.74) is 3.09. The lowest BCUT2D eigenvalue weighted by Crippen LogP contribution is -2.62. The third-order valence-corrected chi connectivity index (χ3v) is 6.12. The molecule has 5 nitrogen and oxygen atoms in total. The molecule has 29 heavy (non-hydrogen) atoms. The van der Waals surface area contributed by atoms with Gasteiger partial charge in [-0.15, -0.1) is 0 Å². The van der Waals surface area contributed by atoms with E-state index in [9.17, 15) is 9.59 Å². The Morgan fingerprint density at radius 3 is 2.45 bits per heavy atom. The number of amides is 2. The van der Waals surface area contributed by atoms with Gasteiger partial charge in [0, 0.05) is 28.5 Å². The van der Waals surface area contributed by atoms with Crippen LogP contribution in [0.4, 0.5) is 17.1 Å². The molecule has 3 aromatic carbocycles. The minimum atomic E-state index is -1.35. The van der Waals surface area contributed by atoms with Crippen molar-refractivity contribution in [3.63, 3.8) is 0 Å². The number of nitrogens with zero attached hydrogens (tertiary/aromatic N) is 2. The largest absolute Gasteiger partial charge is 0.350 e. The standard InChI is InChI=1S/C23H18BrN3O2/c1-14-7-10-16(11-8-14)27-21(28)17-5-3-4-6-19(17)25-23(27)18-13-15(24)9-12-20(18)26(2)22(23)29/h3-13,25H,1-2H3/t23-/m1/s1. The number of hydrogen-bond acceptors (Lipinski definition) is 3.